The summed E-state index contributed by atoms with van der Waals surface area (Å²) < 4.78 is 35.7. The molecule has 5 rings (SSSR count). The first kappa shape index (κ1) is 30.0. The van der Waals surface area contributed by atoms with Crippen molar-refractivity contribution in [2.75, 3.05) is 13.4 Å². The summed E-state index contributed by atoms with van der Waals surface area (Å²) in [6, 6.07) is 0. The summed E-state index contributed by atoms with van der Waals surface area (Å²) in [6.45, 7) is 20.1. The minimum atomic E-state index is -3.69. The Labute approximate surface area is 241 Å². The number of ketones is 1. The predicted molar refractivity (Wildman–Crippen MR) is 156 cm³/mol. The molecule has 40 heavy (non-hydrogen) atoms. The van der Waals surface area contributed by atoms with Gasteiger partial charge >= 0.3 is 5.97 Å². The van der Waals surface area contributed by atoms with Crippen molar-refractivity contribution in [3.05, 3.63) is 23.8 Å². The van der Waals surface area contributed by atoms with Gasteiger partial charge < -0.3 is 4.74 Å². The lowest BCUT2D eigenvalue weighted by Gasteiger charge is -2.70. The van der Waals surface area contributed by atoms with Crippen LogP contribution in [0.15, 0.2) is 23.8 Å². The zero-order chi connectivity index (χ0) is 29.9. The van der Waals surface area contributed by atoms with Crippen LogP contribution in [0.2, 0.25) is 0 Å². The zero-order valence-electron chi connectivity index (χ0n) is 26.1. The van der Waals surface area contributed by atoms with Gasteiger partial charge in [0.1, 0.15) is 0 Å². The summed E-state index contributed by atoms with van der Waals surface area (Å²) in [4.78, 5) is 28.0. The van der Waals surface area contributed by atoms with Crippen molar-refractivity contribution in [1.82, 2.24) is 0 Å². The van der Waals surface area contributed by atoms with Crippen molar-refractivity contribution in [2.45, 2.75) is 106 Å². The van der Waals surface area contributed by atoms with E-state index in [1.165, 1.54) is 7.11 Å². The van der Waals surface area contributed by atoms with E-state index >= 15 is 0 Å². The maximum Gasteiger partial charge on any atom is 0.312 e. The second-order valence-corrected chi connectivity index (χ2v) is 17.7. The molecule has 0 aliphatic heterocycles. The molecule has 0 aromatic heterocycles. The third-order valence-corrected chi connectivity index (χ3v) is 13.8. The van der Waals surface area contributed by atoms with E-state index in [4.69, 9.17) is 8.92 Å². The van der Waals surface area contributed by atoms with Crippen LogP contribution in [-0.4, -0.2) is 39.6 Å². The van der Waals surface area contributed by atoms with E-state index in [-0.39, 0.29) is 51.2 Å². The van der Waals surface area contributed by atoms with Crippen LogP contribution in [0, 0.1) is 50.2 Å². The van der Waals surface area contributed by atoms with Crippen molar-refractivity contribution in [1.29, 1.82) is 0 Å². The molecule has 0 amide bonds. The van der Waals surface area contributed by atoms with Crippen LogP contribution in [0.25, 0.3) is 0 Å². The van der Waals surface area contributed by atoms with Crippen molar-refractivity contribution >= 4 is 21.9 Å². The van der Waals surface area contributed by atoms with E-state index < -0.39 is 27.1 Å². The van der Waals surface area contributed by atoms with Gasteiger partial charge in [-0.1, -0.05) is 60.6 Å². The molecule has 4 saturated carbocycles. The summed E-state index contributed by atoms with van der Waals surface area (Å²) in [5.41, 5.74) is 0.0777. The third-order valence-electron chi connectivity index (χ3n) is 13.3. The fourth-order valence-corrected chi connectivity index (χ4v) is 11.5. The first-order chi connectivity index (χ1) is 18.2. The van der Waals surface area contributed by atoms with Gasteiger partial charge in [0.05, 0.1) is 24.9 Å². The standard InChI is InChI=1S/C33H50O6S/c1-20-23(39-40(10,36)37)19-30(6)24(29(20,4)5)11-12-31(7)25(30)17-22(34)26-21-18-28(2,3)13-15-33(21,27(35)38-9)16-14-32(26,31)8/h17,21,23-24,26H,1,11-16,18-19H2,2-10H3/t21-,23+,24-,26-,30-,31+,32+,33-/m0/s1. The van der Waals surface area contributed by atoms with E-state index in [1.54, 1.807) is 0 Å². The molecule has 0 aromatic rings. The van der Waals surface area contributed by atoms with Gasteiger partial charge in [-0.2, -0.15) is 8.42 Å². The van der Waals surface area contributed by atoms with Crippen LogP contribution in [0.3, 0.4) is 0 Å². The van der Waals surface area contributed by atoms with Crippen molar-refractivity contribution < 1.29 is 26.9 Å². The van der Waals surface area contributed by atoms with Gasteiger partial charge in [0.25, 0.3) is 10.1 Å². The lowest BCUT2D eigenvalue weighted by molar-refractivity contribution is -0.192. The number of ether oxygens (including phenoxy) is 1. The minimum absolute atomic E-state index is 0.0548. The van der Waals surface area contributed by atoms with Crippen LogP contribution in [0.5, 0.6) is 0 Å². The van der Waals surface area contributed by atoms with E-state index in [1.807, 2.05) is 6.08 Å². The molecule has 0 heterocycles. The first-order valence-electron chi connectivity index (χ1n) is 15.1. The summed E-state index contributed by atoms with van der Waals surface area (Å²) in [6.07, 6.45) is 8.92. The number of allylic oxidation sites excluding steroid dienone is 2. The molecule has 0 radical (unpaired) electrons. The molecule has 5 aliphatic rings. The molecule has 0 aromatic carbocycles. The number of methoxy groups -OCH3 is 1. The summed E-state index contributed by atoms with van der Waals surface area (Å²) in [7, 11) is -2.21. The van der Waals surface area contributed by atoms with Crippen molar-refractivity contribution in [3.63, 3.8) is 0 Å². The van der Waals surface area contributed by atoms with E-state index in [9.17, 15) is 18.0 Å². The number of hydrogen-bond donors (Lipinski definition) is 0. The maximum atomic E-state index is 14.5. The quantitative estimate of drug-likeness (QED) is 0.213. The first-order valence-corrected chi connectivity index (χ1v) is 16.9. The molecule has 0 N–H and O–H groups in total. The zero-order valence-corrected chi connectivity index (χ0v) is 26.9. The number of esters is 1. The average Bonchev–Trinajstić information content (AvgIpc) is 2.82. The van der Waals surface area contributed by atoms with Crippen LogP contribution >= 0.6 is 0 Å². The van der Waals surface area contributed by atoms with Crippen LogP contribution in [-0.2, 0) is 28.6 Å². The van der Waals surface area contributed by atoms with Gasteiger partial charge in [0.15, 0.2) is 5.78 Å². The van der Waals surface area contributed by atoms with Gasteiger partial charge in [-0.05, 0) is 102 Å². The lowest BCUT2D eigenvalue weighted by atomic mass is 9.33. The van der Waals surface area contributed by atoms with Crippen LogP contribution in [0.4, 0.5) is 0 Å². The Morgan fingerprint density at radius 2 is 1.60 bits per heavy atom. The van der Waals surface area contributed by atoms with Gasteiger partial charge in [0.2, 0.25) is 0 Å². The molecule has 8 atom stereocenters. The Balaban J connectivity index is 1.65. The summed E-state index contributed by atoms with van der Waals surface area (Å²) >= 11 is 0. The number of rotatable bonds is 3. The highest BCUT2D eigenvalue weighted by Gasteiger charge is 2.71. The number of hydrogen-bond acceptors (Lipinski definition) is 6. The van der Waals surface area contributed by atoms with Gasteiger partial charge in [-0.15, -0.1) is 0 Å². The molecule has 5 aliphatic carbocycles. The fourth-order valence-electron chi connectivity index (χ4n) is 10.9. The van der Waals surface area contributed by atoms with Crippen molar-refractivity contribution in [3.8, 4) is 0 Å². The topological polar surface area (TPSA) is 86.7 Å². The van der Waals surface area contributed by atoms with Crippen LogP contribution < -0.4 is 0 Å². The molecule has 0 spiro atoms. The maximum absolute atomic E-state index is 14.5. The average molecular weight is 575 g/mol. The Hall–Kier alpha value is -1.47. The molecular weight excluding hydrogens is 524 g/mol. The molecular formula is C33H50O6S. The Kier molecular flexibility index (Phi) is 6.58. The minimum Gasteiger partial charge on any atom is -0.469 e. The van der Waals surface area contributed by atoms with Crippen LogP contribution in [0.1, 0.15) is 99.8 Å². The smallest absolute Gasteiger partial charge is 0.312 e. The number of carbonyl (C=O) groups excluding carboxylic acids is 2. The lowest BCUT2D eigenvalue weighted by Crippen LogP contribution is -2.66. The van der Waals surface area contributed by atoms with E-state index in [0.717, 1.165) is 62.3 Å². The molecule has 0 saturated heterocycles. The third kappa shape index (κ3) is 3.92. The Morgan fingerprint density at radius 3 is 2.20 bits per heavy atom. The fraction of sp³-hybridized carbons (Fsp3) is 0.818. The molecule has 7 heteroatoms. The van der Waals surface area contributed by atoms with E-state index in [0.29, 0.717) is 6.42 Å². The van der Waals surface area contributed by atoms with Gasteiger partial charge in [-0.3, -0.25) is 13.8 Å². The number of fused-ring (bicyclic) bond motifs is 7. The molecule has 0 bridgehead atoms. The SMILES string of the molecule is C=C1[C@H](OS(C)(=O)=O)C[C@]2(C)C3=CC(=O)[C@@H]4[C@@H]5CC(C)(C)CC[C@]5(C(=O)OC)CC[C@@]4(C)[C@]3(C)CC[C@H]2C1(C)C. The van der Waals surface area contributed by atoms with Crippen molar-refractivity contribution in [2.24, 2.45) is 50.2 Å². The Morgan fingerprint density at radius 1 is 0.975 bits per heavy atom. The normalized spacial score (nSPS) is 45.8. The Bertz CT molecular complexity index is 1290. The second-order valence-electron chi connectivity index (χ2n) is 16.1. The highest BCUT2D eigenvalue weighted by Crippen LogP contribution is 2.75. The van der Waals surface area contributed by atoms with E-state index in [2.05, 4.69) is 55.0 Å². The highest BCUT2D eigenvalue weighted by molar-refractivity contribution is 7.86. The van der Waals surface area contributed by atoms with Gasteiger partial charge in [0, 0.05) is 5.92 Å². The summed E-state index contributed by atoms with van der Waals surface area (Å²) in [5.74, 6) is -0.102. The highest BCUT2D eigenvalue weighted by atomic mass is 32.2. The second kappa shape index (κ2) is 8.78. The molecule has 6 nitrogen and oxygen atoms in total. The summed E-state index contributed by atoms with van der Waals surface area (Å²) in [5, 5.41) is 0. The predicted octanol–water partition coefficient (Wildman–Crippen LogP) is 6.65. The molecule has 0 unspecified atom stereocenters. The molecule has 224 valence electrons. The monoisotopic (exact) mass is 574 g/mol. The van der Waals surface area contributed by atoms with Gasteiger partial charge in [-0.25, -0.2) is 0 Å². The number of carbonyl (C=O) groups is 2. The largest absolute Gasteiger partial charge is 0.469 e. The molecule has 4 fully saturated rings.